The highest BCUT2D eigenvalue weighted by Gasteiger charge is 2.26. The summed E-state index contributed by atoms with van der Waals surface area (Å²) in [7, 11) is 1.16. The molecule has 72 valence electrons. The summed E-state index contributed by atoms with van der Waals surface area (Å²) < 4.78 is 0. The largest absolute Gasteiger partial charge is 0.394 e. The summed E-state index contributed by atoms with van der Waals surface area (Å²) in [6.07, 6.45) is -3.94. The van der Waals surface area contributed by atoms with Crippen LogP contribution in [0.2, 0.25) is 0 Å². The number of hydrogen-bond acceptors (Lipinski definition) is 6. The first-order valence-corrected chi connectivity index (χ1v) is 3.29. The molecule has 0 radical (unpaired) electrons. The molecule has 0 amide bonds. The van der Waals surface area contributed by atoms with E-state index in [0.717, 1.165) is 7.11 Å². The first kappa shape index (κ1) is 11.5. The third-order valence-corrected chi connectivity index (χ3v) is 1.26. The van der Waals surface area contributed by atoms with Crippen LogP contribution >= 0.6 is 0 Å². The average Bonchev–Trinajstić information content (AvgIpc) is 2.11. The zero-order valence-electron chi connectivity index (χ0n) is 6.58. The summed E-state index contributed by atoms with van der Waals surface area (Å²) in [5.74, 6) is 0. The van der Waals surface area contributed by atoms with E-state index >= 15 is 0 Å². The van der Waals surface area contributed by atoms with E-state index in [-0.39, 0.29) is 6.29 Å². The van der Waals surface area contributed by atoms with E-state index in [1.807, 2.05) is 0 Å². The summed E-state index contributed by atoms with van der Waals surface area (Å²) in [6, 6.07) is 0. The van der Waals surface area contributed by atoms with Gasteiger partial charge in [-0.3, -0.25) is 0 Å². The van der Waals surface area contributed by atoms with Crippen molar-refractivity contribution in [3.63, 3.8) is 0 Å². The van der Waals surface area contributed by atoms with Gasteiger partial charge in [-0.05, 0) is 0 Å². The van der Waals surface area contributed by atoms with Crippen LogP contribution in [0.1, 0.15) is 0 Å². The molecule has 0 fully saturated rings. The van der Waals surface area contributed by atoms with Crippen LogP contribution in [0.4, 0.5) is 0 Å². The molecule has 0 saturated carbocycles. The fourth-order valence-corrected chi connectivity index (χ4v) is 0.598. The highest BCUT2D eigenvalue weighted by molar-refractivity contribution is 5.57. The van der Waals surface area contributed by atoms with E-state index in [1.54, 1.807) is 0 Å². The summed E-state index contributed by atoms with van der Waals surface area (Å²) >= 11 is 0. The SMILES string of the molecule is COO[C@@H](C=O)[C@H](O)[C@H](O)CO. The lowest BCUT2D eigenvalue weighted by atomic mass is 10.1. The van der Waals surface area contributed by atoms with E-state index < -0.39 is 24.9 Å². The standard InChI is InChI=1S/C6H12O6/c1-11-12-5(3-8)6(10)4(9)2-7/h3-7,9-10H,2H2,1H3/t4-,5+,6-/m1/s1. The fraction of sp³-hybridized carbons (Fsp3) is 0.833. The molecule has 0 aromatic carbocycles. The van der Waals surface area contributed by atoms with Crippen molar-refractivity contribution >= 4 is 6.29 Å². The van der Waals surface area contributed by atoms with Gasteiger partial charge in [0, 0.05) is 0 Å². The molecule has 6 heteroatoms. The first-order valence-electron chi connectivity index (χ1n) is 3.29. The fourth-order valence-electron chi connectivity index (χ4n) is 0.598. The molecular weight excluding hydrogens is 168 g/mol. The van der Waals surface area contributed by atoms with E-state index in [0.29, 0.717) is 0 Å². The van der Waals surface area contributed by atoms with Gasteiger partial charge in [-0.15, -0.1) is 0 Å². The molecule has 0 saturated heterocycles. The molecule has 0 unspecified atom stereocenters. The van der Waals surface area contributed by atoms with Gasteiger partial charge in [-0.1, -0.05) is 0 Å². The van der Waals surface area contributed by atoms with Gasteiger partial charge >= 0.3 is 0 Å². The maximum absolute atomic E-state index is 10.2. The zero-order chi connectivity index (χ0) is 9.56. The molecule has 0 rings (SSSR count). The normalized spacial score (nSPS) is 18.3. The number of rotatable bonds is 6. The van der Waals surface area contributed by atoms with Crippen LogP contribution in [0, 0.1) is 0 Å². The average molecular weight is 180 g/mol. The van der Waals surface area contributed by atoms with Crippen molar-refractivity contribution in [3.8, 4) is 0 Å². The predicted molar refractivity (Wildman–Crippen MR) is 37.0 cm³/mol. The van der Waals surface area contributed by atoms with E-state index in [9.17, 15) is 4.79 Å². The van der Waals surface area contributed by atoms with Crippen molar-refractivity contribution < 1.29 is 29.9 Å². The third kappa shape index (κ3) is 3.24. The molecule has 0 aromatic heterocycles. The van der Waals surface area contributed by atoms with Crippen molar-refractivity contribution in [3.05, 3.63) is 0 Å². The molecular formula is C6H12O6. The molecule has 3 atom stereocenters. The van der Waals surface area contributed by atoms with Crippen LogP contribution in [-0.4, -0.2) is 53.6 Å². The number of hydrogen-bond donors (Lipinski definition) is 3. The van der Waals surface area contributed by atoms with Crippen molar-refractivity contribution in [1.29, 1.82) is 0 Å². The monoisotopic (exact) mass is 180 g/mol. The number of carbonyl (C=O) groups is 1. The van der Waals surface area contributed by atoms with Crippen LogP contribution in [-0.2, 0) is 14.6 Å². The van der Waals surface area contributed by atoms with Gasteiger partial charge in [-0.2, -0.15) is 0 Å². The molecule has 3 N–H and O–H groups in total. The first-order chi connectivity index (χ1) is 5.67. The molecule has 0 aromatic rings. The van der Waals surface area contributed by atoms with E-state index in [4.69, 9.17) is 15.3 Å². The zero-order valence-corrected chi connectivity index (χ0v) is 6.58. The molecule has 0 spiro atoms. The molecule has 0 heterocycles. The lowest BCUT2D eigenvalue weighted by molar-refractivity contribution is -0.313. The molecule has 0 bridgehead atoms. The number of aldehydes is 1. The van der Waals surface area contributed by atoms with Crippen molar-refractivity contribution in [2.45, 2.75) is 18.3 Å². The minimum atomic E-state index is -1.49. The molecule has 12 heavy (non-hydrogen) atoms. The number of carbonyl (C=O) groups excluding carboxylic acids is 1. The summed E-state index contributed by atoms with van der Waals surface area (Å²) in [5, 5.41) is 26.3. The minimum Gasteiger partial charge on any atom is -0.394 e. The second kappa shape index (κ2) is 6.04. The number of aliphatic hydroxyl groups excluding tert-OH is 3. The quantitative estimate of drug-likeness (QED) is 0.245. The molecule has 6 nitrogen and oxygen atoms in total. The van der Waals surface area contributed by atoms with Gasteiger partial charge < -0.3 is 20.1 Å². The predicted octanol–water partition coefficient (Wildman–Crippen LogP) is -2.15. The summed E-state index contributed by atoms with van der Waals surface area (Å²) in [5.41, 5.74) is 0. The van der Waals surface area contributed by atoms with E-state index in [2.05, 4.69) is 9.78 Å². The summed E-state index contributed by atoms with van der Waals surface area (Å²) in [4.78, 5) is 18.6. The Hall–Kier alpha value is -0.530. The van der Waals surface area contributed by atoms with Crippen LogP contribution in [0.3, 0.4) is 0 Å². The van der Waals surface area contributed by atoms with Gasteiger partial charge in [0.25, 0.3) is 0 Å². The Morgan fingerprint density at radius 1 is 1.50 bits per heavy atom. The molecule has 0 aliphatic carbocycles. The third-order valence-electron chi connectivity index (χ3n) is 1.26. The lowest BCUT2D eigenvalue weighted by Gasteiger charge is -2.19. The topological polar surface area (TPSA) is 96.2 Å². The Kier molecular flexibility index (Phi) is 5.77. The van der Waals surface area contributed by atoms with Crippen LogP contribution in [0.15, 0.2) is 0 Å². The minimum absolute atomic E-state index is 0.271. The van der Waals surface area contributed by atoms with Crippen molar-refractivity contribution in [1.82, 2.24) is 0 Å². The molecule has 0 aliphatic rings. The maximum Gasteiger partial charge on any atom is 0.176 e. The van der Waals surface area contributed by atoms with Gasteiger partial charge in [0.2, 0.25) is 0 Å². The second-order valence-corrected chi connectivity index (χ2v) is 2.10. The Labute approximate surface area is 69.3 Å². The lowest BCUT2D eigenvalue weighted by Crippen LogP contribution is -2.41. The second-order valence-electron chi connectivity index (χ2n) is 2.10. The van der Waals surface area contributed by atoms with Gasteiger partial charge in [0.05, 0.1) is 13.7 Å². The van der Waals surface area contributed by atoms with Gasteiger partial charge in [0.15, 0.2) is 12.4 Å². The van der Waals surface area contributed by atoms with Crippen LogP contribution in [0.5, 0.6) is 0 Å². The highest BCUT2D eigenvalue weighted by Crippen LogP contribution is 2.02. The summed E-state index contributed by atoms with van der Waals surface area (Å²) in [6.45, 7) is -0.654. The van der Waals surface area contributed by atoms with Crippen molar-refractivity contribution in [2.75, 3.05) is 13.7 Å². The van der Waals surface area contributed by atoms with Crippen molar-refractivity contribution in [2.24, 2.45) is 0 Å². The Morgan fingerprint density at radius 2 is 2.08 bits per heavy atom. The molecule has 0 aliphatic heterocycles. The number of aliphatic hydroxyl groups is 3. The maximum atomic E-state index is 10.2. The van der Waals surface area contributed by atoms with Gasteiger partial charge in [-0.25, -0.2) is 9.78 Å². The van der Waals surface area contributed by atoms with Crippen LogP contribution in [0.25, 0.3) is 0 Å². The van der Waals surface area contributed by atoms with Gasteiger partial charge in [0.1, 0.15) is 12.2 Å². The van der Waals surface area contributed by atoms with E-state index in [1.165, 1.54) is 0 Å². The Morgan fingerprint density at radius 3 is 2.42 bits per heavy atom. The van der Waals surface area contributed by atoms with Crippen LogP contribution < -0.4 is 0 Å². The Bertz CT molecular complexity index is 127. The highest BCUT2D eigenvalue weighted by atomic mass is 17.2. The Balaban J connectivity index is 4.00. The smallest absolute Gasteiger partial charge is 0.176 e.